The summed E-state index contributed by atoms with van der Waals surface area (Å²) in [6.45, 7) is 5.24. The quantitative estimate of drug-likeness (QED) is 0.823. The summed E-state index contributed by atoms with van der Waals surface area (Å²) in [6, 6.07) is 4.27. The topological polar surface area (TPSA) is 65.4 Å². The van der Waals surface area contributed by atoms with Crippen molar-refractivity contribution < 1.29 is 23.0 Å². The van der Waals surface area contributed by atoms with Gasteiger partial charge >= 0.3 is 6.61 Å². The van der Waals surface area contributed by atoms with Crippen molar-refractivity contribution in [2.45, 2.75) is 40.9 Å². The van der Waals surface area contributed by atoms with Crippen molar-refractivity contribution in [3.05, 3.63) is 35.2 Å². The van der Waals surface area contributed by atoms with Crippen LogP contribution in [0.1, 0.15) is 35.6 Å². The van der Waals surface area contributed by atoms with Crippen LogP contribution < -0.4 is 14.8 Å². The highest BCUT2D eigenvalue weighted by atomic mass is 19.3. The summed E-state index contributed by atoms with van der Waals surface area (Å²) in [5.41, 5.74) is 2.30. The first-order valence-corrected chi connectivity index (χ1v) is 7.94. The lowest BCUT2D eigenvalue weighted by atomic mass is 10.1. The highest BCUT2D eigenvalue weighted by Crippen LogP contribution is 2.32. The van der Waals surface area contributed by atoms with E-state index >= 15 is 0 Å². The molecule has 1 aromatic heterocycles. The molecule has 8 heteroatoms. The molecule has 2 rings (SSSR count). The Morgan fingerprint density at radius 2 is 2.00 bits per heavy atom. The Balaban J connectivity index is 2.26. The number of carbonyl (C=O) groups excluding carboxylic acids is 1. The zero-order valence-corrected chi connectivity index (χ0v) is 14.6. The molecule has 1 aromatic carbocycles. The molecule has 0 bridgehead atoms. The normalized spacial score (nSPS) is 10.8. The second-order valence-electron chi connectivity index (χ2n) is 5.29. The van der Waals surface area contributed by atoms with Crippen LogP contribution in [0, 0.1) is 13.8 Å². The van der Waals surface area contributed by atoms with Gasteiger partial charge in [-0.1, -0.05) is 0 Å². The fourth-order valence-electron chi connectivity index (χ4n) is 2.57. The molecule has 0 aliphatic heterocycles. The predicted molar refractivity (Wildman–Crippen MR) is 89.6 cm³/mol. The third-order valence-electron chi connectivity index (χ3n) is 3.63. The molecule has 0 saturated carbocycles. The van der Waals surface area contributed by atoms with E-state index in [4.69, 9.17) is 4.74 Å². The molecule has 0 aliphatic rings. The second kappa shape index (κ2) is 7.96. The number of halogens is 2. The maximum Gasteiger partial charge on any atom is 0.387 e. The number of amides is 1. The molecule has 0 unspecified atom stereocenters. The Labute approximate surface area is 144 Å². The maximum absolute atomic E-state index is 12.6. The van der Waals surface area contributed by atoms with Crippen LogP contribution in [0.2, 0.25) is 0 Å². The first kappa shape index (κ1) is 18.7. The third kappa shape index (κ3) is 4.26. The van der Waals surface area contributed by atoms with E-state index in [9.17, 15) is 13.6 Å². The monoisotopic (exact) mass is 353 g/mol. The number of aromatic nitrogens is 2. The van der Waals surface area contributed by atoms with Gasteiger partial charge in [0.25, 0.3) is 5.91 Å². The van der Waals surface area contributed by atoms with Gasteiger partial charge < -0.3 is 14.8 Å². The molecule has 0 radical (unpaired) electrons. The number of hydrogen-bond acceptors (Lipinski definition) is 4. The van der Waals surface area contributed by atoms with Crippen molar-refractivity contribution in [3.8, 4) is 11.5 Å². The number of nitrogens with zero attached hydrogens (tertiary/aromatic N) is 2. The zero-order chi connectivity index (χ0) is 18.6. The Bertz CT molecular complexity index is 760. The SMILES string of the molecule is CCOc1cc(NC(=O)c2c(C)nn(CC)c2C)ccc1OC(F)F. The molecule has 25 heavy (non-hydrogen) atoms. The van der Waals surface area contributed by atoms with Crippen molar-refractivity contribution in [3.63, 3.8) is 0 Å². The second-order valence-corrected chi connectivity index (χ2v) is 5.29. The summed E-state index contributed by atoms with van der Waals surface area (Å²) in [6.07, 6.45) is 0. The van der Waals surface area contributed by atoms with Gasteiger partial charge in [-0.15, -0.1) is 0 Å². The largest absolute Gasteiger partial charge is 0.490 e. The van der Waals surface area contributed by atoms with Gasteiger partial charge in [0, 0.05) is 24.0 Å². The zero-order valence-electron chi connectivity index (χ0n) is 14.6. The fraction of sp³-hybridized carbons (Fsp3) is 0.412. The van der Waals surface area contributed by atoms with Crippen LogP contribution in [0.3, 0.4) is 0 Å². The molecule has 0 spiro atoms. The van der Waals surface area contributed by atoms with Gasteiger partial charge in [0.05, 0.1) is 17.9 Å². The lowest BCUT2D eigenvalue weighted by Gasteiger charge is -2.13. The van der Waals surface area contributed by atoms with Gasteiger partial charge in [0.15, 0.2) is 11.5 Å². The van der Waals surface area contributed by atoms with Gasteiger partial charge in [-0.3, -0.25) is 9.48 Å². The van der Waals surface area contributed by atoms with Crippen molar-refractivity contribution in [1.29, 1.82) is 0 Å². The summed E-state index contributed by atoms with van der Waals surface area (Å²) < 4.78 is 36.3. The predicted octanol–water partition coefficient (Wildman–Crippen LogP) is 3.77. The van der Waals surface area contributed by atoms with Crippen LogP contribution in [0.5, 0.6) is 11.5 Å². The van der Waals surface area contributed by atoms with Crippen LogP contribution in [-0.4, -0.2) is 28.9 Å². The van der Waals surface area contributed by atoms with Gasteiger partial charge in [-0.25, -0.2) is 0 Å². The molecular weight excluding hydrogens is 332 g/mol. The van der Waals surface area contributed by atoms with E-state index in [0.717, 1.165) is 5.69 Å². The van der Waals surface area contributed by atoms with Crippen molar-refractivity contribution >= 4 is 11.6 Å². The van der Waals surface area contributed by atoms with Gasteiger partial charge in [0.1, 0.15) is 0 Å². The van der Waals surface area contributed by atoms with E-state index < -0.39 is 6.61 Å². The summed E-state index contributed by atoms with van der Waals surface area (Å²) >= 11 is 0. The smallest absolute Gasteiger partial charge is 0.387 e. The summed E-state index contributed by atoms with van der Waals surface area (Å²) in [7, 11) is 0. The Morgan fingerprint density at radius 1 is 1.28 bits per heavy atom. The van der Waals surface area contributed by atoms with Crippen LogP contribution in [0.15, 0.2) is 18.2 Å². The van der Waals surface area contributed by atoms with Gasteiger partial charge in [-0.2, -0.15) is 13.9 Å². The van der Waals surface area contributed by atoms with E-state index in [1.54, 1.807) is 18.5 Å². The fourth-order valence-corrected chi connectivity index (χ4v) is 2.57. The highest BCUT2D eigenvalue weighted by molar-refractivity contribution is 6.06. The molecule has 0 atom stereocenters. The number of aryl methyl sites for hydroxylation is 2. The average Bonchev–Trinajstić information content (AvgIpc) is 2.83. The maximum atomic E-state index is 12.6. The Morgan fingerprint density at radius 3 is 2.56 bits per heavy atom. The number of alkyl halides is 2. The molecule has 6 nitrogen and oxygen atoms in total. The lowest BCUT2D eigenvalue weighted by Crippen LogP contribution is -2.14. The van der Waals surface area contributed by atoms with E-state index in [2.05, 4.69) is 15.2 Å². The molecular formula is C17H21F2N3O3. The first-order chi connectivity index (χ1) is 11.9. The van der Waals surface area contributed by atoms with E-state index in [-0.39, 0.29) is 24.0 Å². The summed E-state index contributed by atoms with van der Waals surface area (Å²) in [4.78, 5) is 12.6. The Hall–Kier alpha value is -2.64. The average molecular weight is 353 g/mol. The van der Waals surface area contributed by atoms with Crippen LogP contribution in [0.25, 0.3) is 0 Å². The summed E-state index contributed by atoms with van der Waals surface area (Å²) in [5, 5.41) is 7.05. The number of hydrogen-bond donors (Lipinski definition) is 1. The van der Waals surface area contributed by atoms with E-state index in [0.29, 0.717) is 23.5 Å². The minimum atomic E-state index is -2.95. The molecule has 1 heterocycles. The van der Waals surface area contributed by atoms with Crippen molar-refractivity contribution in [1.82, 2.24) is 9.78 Å². The molecule has 2 aromatic rings. The molecule has 1 N–H and O–H groups in total. The molecule has 1 amide bonds. The lowest BCUT2D eigenvalue weighted by molar-refractivity contribution is -0.0514. The van der Waals surface area contributed by atoms with Crippen LogP contribution >= 0.6 is 0 Å². The van der Waals surface area contributed by atoms with Crippen LogP contribution in [0.4, 0.5) is 14.5 Å². The number of rotatable bonds is 7. The number of anilines is 1. The molecule has 0 fully saturated rings. The van der Waals surface area contributed by atoms with Gasteiger partial charge in [-0.05, 0) is 39.8 Å². The standard InChI is InChI=1S/C17H21F2N3O3/c1-5-22-11(4)15(10(3)21-22)16(23)20-12-7-8-13(25-17(18)19)14(9-12)24-6-2/h7-9,17H,5-6H2,1-4H3,(H,20,23). The number of benzene rings is 1. The molecule has 136 valence electrons. The Kier molecular flexibility index (Phi) is 5.95. The number of carbonyl (C=O) groups is 1. The minimum absolute atomic E-state index is 0.0824. The first-order valence-electron chi connectivity index (χ1n) is 7.94. The van der Waals surface area contributed by atoms with Crippen molar-refractivity contribution in [2.24, 2.45) is 0 Å². The van der Waals surface area contributed by atoms with Crippen molar-refractivity contribution in [2.75, 3.05) is 11.9 Å². The molecule has 0 saturated heterocycles. The highest BCUT2D eigenvalue weighted by Gasteiger charge is 2.19. The van der Waals surface area contributed by atoms with E-state index in [1.807, 2.05) is 13.8 Å². The number of ether oxygens (including phenoxy) is 2. The molecule has 0 aliphatic carbocycles. The minimum Gasteiger partial charge on any atom is -0.490 e. The summed E-state index contributed by atoms with van der Waals surface area (Å²) in [5.74, 6) is -0.265. The van der Waals surface area contributed by atoms with Crippen LogP contribution in [-0.2, 0) is 6.54 Å². The van der Waals surface area contributed by atoms with Gasteiger partial charge in [0.2, 0.25) is 0 Å². The van der Waals surface area contributed by atoms with E-state index in [1.165, 1.54) is 18.2 Å². The number of nitrogens with one attached hydrogen (secondary N) is 1. The third-order valence-corrected chi connectivity index (χ3v) is 3.63.